The molecule has 0 saturated heterocycles. The second kappa shape index (κ2) is 6.00. The van der Waals surface area contributed by atoms with Crippen molar-refractivity contribution in [1.29, 1.82) is 0 Å². The predicted molar refractivity (Wildman–Crippen MR) is 77.0 cm³/mol. The number of allylic oxidation sites excluding steroid dienone is 1. The van der Waals surface area contributed by atoms with Gasteiger partial charge in [-0.05, 0) is 19.1 Å². The molecular weight excluding hydrogens is 274 g/mol. The van der Waals surface area contributed by atoms with E-state index in [4.69, 9.17) is 0 Å². The number of methoxy groups -OCH3 is 1. The number of esters is 1. The van der Waals surface area contributed by atoms with E-state index in [0.717, 1.165) is 6.21 Å². The monoisotopic (exact) mass is 287 g/mol. The number of hydrogen-bond donors (Lipinski definition) is 1. The number of ether oxygens (including phenoxy) is 1. The fourth-order valence-electron chi connectivity index (χ4n) is 1.64. The highest BCUT2D eigenvalue weighted by Crippen LogP contribution is 2.07. The average molecular weight is 287 g/mol. The molecule has 1 N–H and O–H groups in total. The number of hydrogen-bond acceptors (Lipinski definition) is 6. The lowest BCUT2D eigenvalue weighted by Gasteiger charge is -2.02. The van der Waals surface area contributed by atoms with Gasteiger partial charge in [-0.1, -0.05) is 6.07 Å². The van der Waals surface area contributed by atoms with E-state index in [0.29, 0.717) is 5.65 Å². The molecule has 2 heterocycles. The van der Waals surface area contributed by atoms with Gasteiger partial charge in [0, 0.05) is 12.4 Å². The molecule has 0 aromatic carbocycles. The molecule has 0 aliphatic heterocycles. The second-order valence-corrected chi connectivity index (χ2v) is 4.13. The Balaban J connectivity index is 2.47. The van der Waals surface area contributed by atoms with Crippen molar-refractivity contribution in [3.63, 3.8) is 0 Å². The van der Waals surface area contributed by atoms with Crippen LogP contribution in [0.5, 0.6) is 0 Å². The van der Waals surface area contributed by atoms with Gasteiger partial charge in [0.25, 0.3) is 5.56 Å². The molecule has 0 aliphatic rings. The lowest BCUT2D eigenvalue weighted by atomic mass is 10.2. The van der Waals surface area contributed by atoms with Gasteiger partial charge in [-0.2, -0.15) is 0 Å². The molecule has 108 valence electrons. The average Bonchev–Trinajstić information content (AvgIpc) is 2.49. The molecule has 0 unspecified atom stereocenters. The Hall–Kier alpha value is -2.96. The van der Waals surface area contributed by atoms with Crippen molar-refractivity contribution < 1.29 is 14.6 Å². The highest BCUT2D eigenvalue weighted by molar-refractivity contribution is 6.10. The molecule has 0 radical (unpaired) electrons. The summed E-state index contributed by atoms with van der Waals surface area (Å²) in [5.74, 6) is -0.993. The zero-order valence-electron chi connectivity index (χ0n) is 11.5. The number of aliphatic imine (C=N–C) groups is 1. The maximum absolute atomic E-state index is 12.2. The number of rotatable bonds is 3. The summed E-state index contributed by atoms with van der Waals surface area (Å²) in [6.07, 6.45) is 3.95. The number of aliphatic hydroxyl groups is 1. The summed E-state index contributed by atoms with van der Waals surface area (Å²) in [6.45, 7) is 1.32. The van der Waals surface area contributed by atoms with E-state index in [2.05, 4.69) is 14.7 Å². The zero-order valence-corrected chi connectivity index (χ0v) is 11.5. The molecule has 0 fully saturated rings. The van der Waals surface area contributed by atoms with Gasteiger partial charge in [-0.15, -0.1) is 0 Å². The molecule has 0 saturated carbocycles. The first-order valence-corrected chi connectivity index (χ1v) is 6.03. The Morgan fingerprint density at radius 2 is 2.24 bits per heavy atom. The molecule has 0 aliphatic carbocycles. The molecule has 2 aromatic rings. The van der Waals surface area contributed by atoms with E-state index < -0.39 is 5.97 Å². The number of nitrogens with zero attached hydrogens (tertiary/aromatic N) is 3. The number of aliphatic hydroxyl groups excluding tert-OH is 1. The lowest BCUT2D eigenvalue weighted by Crippen LogP contribution is -2.14. The van der Waals surface area contributed by atoms with Crippen LogP contribution in [0.3, 0.4) is 0 Å². The maximum Gasteiger partial charge on any atom is 0.342 e. The van der Waals surface area contributed by atoms with Gasteiger partial charge in [0.05, 0.1) is 13.3 Å². The Bertz CT molecular complexity index is 801. The van der Waals surface area contributed by atoms with E-state index >= 15 is 0 Å². The van der Waals surface area contributed by atoms with Crippen molar-refractivity contribution in [3.8, 4) is 0 Å². The van der Waals surface area contributed by atoms with Crippen LogP contribution in [0.4, 0.5) is 5.69 Å². The summed E-state index contributed by atoms with van der Waals surface area (Å²) in [5, 5.41) is 9.42. The normalized spacial score (nSPS) is 12.5. The van der Waals surface area contributed by atoms with E-state index in [9.17, 15) is 14.7 Å². The van der Waals surface area contributed by atoms with Crippen LogP contribution in [-0.4, -0.2) is 33.8 Å². The third-order valence-corrected chi connectivity index (χ3v) is 2.72. The summed E-state index contributed by atoms with van der Waals surface area (Å²) >= 11 is 0. The van der Waals surface area contributed by atoms with Crippen LogP contribution >= 0.6 is 0 Å². The number of pyridine rings is 1. The van der Waals surface area contributed by atoms with Crippen LogP contribution < -0.4 is 5.56 Å². The van der Waals surface area contributed by atoms with Crippen LogP contribution in [-0.2, 0) is 9.53 Å². The maximum atomic E-state index is 12.2. The Morgan fingerprint density at radius 1 is 1.48 bits per heavy atom. The number of carbonyl (C=O) groups is 1. The first-order valence-electron chi connectivity index (χ1n) is 6.03. The summed E-state index contributed by atoms with van der Waals surface area (Å²) in [4.78, 5) is 31.6. The van der Waals surface area contributed by atoms with Gasteiger partial charge >= 0.3 is 5.97 Å². The van der Waals surface area contributed by atoms with Gasteiger partial charge in [0.1, 0.15) is 22.7 Å². The first-order chi connectivity index (χ1) is 10.0. The van der Waals surface area contributed by atoms with Gasteiger partial charge in [-0.25, -0.2) is 14.8 Å². The molecule has 7 heteroatoms. The smallest absolute Gasteiger partial charge is 0.342 e. The van der Waals surface area contributed by atoms with Crippen LogP contribution in [0.25, 0.3) is 5.65 Å². The van der Waals surface area contributed by atoms with E-state index in [1.807, 2.05) is 0 Å². The highest BCUT2D eigenvalue weighted by atomic mass is 16.5. The molecule has 2 rings (SSSR count). The fourth-order valence-corrected chi connectivity index (χ4v) is 1.64. The van der Waals surface area contributed by atoms with Crippen molar-refractivity contribution in [2.24, 2.45) is 4.99 Å². The predicted octanol–water partition coefficient (Wildman–Crippen LogP) is 1.40. The third-order valence-electron chi connectivity index (χ3n) is 2.72. The third kappa shape index (κ3) is 2.97. The lowest BCUT2D eigenvalue weighted by molar-refractivity contribution is -0.135. The molecular formula is C14H13N3O4. The minimum Gasteiger partial charge on any atom is -0.512 e. The quantitative estimate of drug-likeness (QED) is 0.398. The summed E-state index contributed by atoms with van der Waals surface area (Å²) in [7, 11) is 1.19. The largest absolute Gasteiger partial charge is 0.512 e. The van der Waals surface area contributed by atoms with Crippen LogP contribution in [0.2, 0.25) is 0 Å². The SMILES string of the molecule is COC(=O)/C(C=Nc1cnc2ccccn2c1=O)=C(/C)O. The molecule has 0 amide bonds. The fraction of sp³-hybridized carbons (Fsp3) is 0.143. The zero-order chi connectivity index (χ0) is 15.4. The Morgan fingerprint density at radius 3 is 2.90 bits per heavy atom. The van der Waals surface area contributed by atoms with Crippen LogP contribution in [0, 0.1) is 0 Å². The van der Waals surface area contributed by atoms with Crippen molar-refractivity contribution >= 4 is 23.5 Å². The molecule has 0 spiro atoms. The van der Waals surface area contributed by atoms with Gasteiger partial charge < -0.3 is 9.84 Å². The molecule has 7 nitrogen and oxygen atoms in total. The Kier molecular flexibility index (Phi) is 4.13. The number of fused-ring (bicyclic) bond motifs is 1. The second-order valence-electron chi connectivity index (χ2n) is 4.13. The molecule has 0 bridgehead atoms. The van der Waals surface area contributed by atoms with Crippen molar-refractivity contribution in [2.45, 2.75) is 6.92 Å². The standard InChI is InChI=1S/C14H13N3O4/c1-9(18)10(14(20)21-2)7-15-11-8-16-12-5-3-4-6-17(12)13(11)19/h3-8,18H,1-2H3/b10-9-,15-7?. The van der Waals surface area contributed by atoms with Crippen LogP contribution in [0.15, 0.2) is 51.7 Å². The number of carbonyl (C=O) groups excluding carboxylic acids is 1. The number of aromatic nitrogens is 2. The van der Waals surface area contributed by atoms with Crippen molar-refractivity contribution in [2.75, 3.05) is 7.11 Å². The van der Waals surface area contributed by atoms with E-state index in [1.54, 1.807) is 24.4 Å². The molecule has 21 heavy (non-hydrogen) atoms. The topological polar surface area (TPSA) is 93.3 Å². The summed E-state index contributed by atoms with van der Waals surface area (Å²) < 4.78 is 5.85. The summed E-state index contributed by atoms with van der Waals surface area (Å²) in [5.41, 5.74) is 0.0246. The molecule has 2 aromatic heterocycles. The van der Waals surface area contributed by atoms with Crippen LogP contribution in [0.1, 0.15) is 6.92 Å². The highest BCUT2D eigenvalue weighted by Gasteiger charge is 2.11. The minimum absolute atomic E-state index is 0.0429. The Labute approximate surface area is 119 Å². The first kappa shape index (κ1) is 14.4. The summed E-state index contributed by atoms with van der Waals surface area (Å²) in [6, 6.07) is 5.14. The van der Waals surface area contributed by atoms with Gasteiger partial charge in [0.15, 0.2) is 0 Å². The van der Waals surface area contributed by atoms with Gasteiger partial charge in [0.2, 0.25) is 0 Å². The van der Waals surface area contributed by atoms with Crippen molar-refractivity contribution in [1.82, 2.24) is 9.38 Å². The van der Waals surface area contributed by atoms with E-state index in [1.165, 1.54) is 24.6 Å². The molecule has 0 atom stereocenters. The van der Waals surface area contributed by atoms with Crippen molar-refractivity contribution in [3.05, 3.63) is 52.3 Å². The van der Waals surface area contributed by atoms with Gasteiger partial charge in [-0.3, -0.25) is 9.20 Å². The minimum atomic E-state index is -0.743. The van der Waals surface area contributed by atoms with E-state index in [-0.39, 0.29) is 22.6 Å².